The number of hydrogen-bond acceptors (Lipinski definition) is 4. The Hall–Kier alpha value is -2.38. The van der Waals surface area contributed by atoms with Crippen LogP contribution in [0.25, 0.3) is 0 Å². The lowest BCUT2D eigenvalue weighted by Crippen LogP contribution is -2.50. The van der Waals surface area contributed by atoms with Crippen molar-refractivity contribution in [3.8, 4) is 0 Å². The Morgan fingerprint density at radius 2 is 2.00 bits per heavy atom. The number of piperidine rings is 1. The number of nitrogens with one attached hydrogen (secondary N) is 2. The molecule has 0 bridgehead atoms. The number of aromatic nitrogens is 2. The Morgan fingerprint density at radius 1 is 1.22 bits per heavy atom. The molecule has 0 radical (unpaired) electrons. The average Bonchev–Trinajstić information content (AvgIpc) is 2.93. The normalized spacial score (nSPS) is 24.5. The minimum Gasteiger partial charge on any atom is -0.342 e. The van der Waals surface area contributed by atoms with Crippen molar-refractivity contribution in [1.29, 1.82) is 0 Å². The van der Waals surface area contributed by atoms with Crippen LogP contribution < -0.4 is 11.2 Å². The molecule has 3 heterocycles. The summed E-state index contributed by atoms with van der Waals surface area (Å²) in [6, 6.07) is 1.08. The standard InChI is InChI=1S/C15H20N4O4/c1-2-18-6-3-4-15(13(18)22)5-7-19(9-15)12(21)10-8-11(20)17-14(23)16-10/h8H,2-7,9H2,1H3,(H2,16,17,20,23)/t15-/m1/s1. The Balaban J connectivity index is 1.81. The quantitative estimate of drug-likeness (QED) is 0.769. The molecular weight excluding hydrogens is 300 g/mol. The average molecular weight is 320 g/mol. The van der Waals surface area contributed by atoms with Crippen LogP contribution in [0.4, 0.5) is 0 Å². The fourth-order valence-electron chi connectivity index (χ4n) is 3.63. The van der Waals surface area contributed by atoms with Gasteiger partial charge < -0.3 is 14.8 Å². The van der Waals surface area contributed by atoms with E-state index in [2.05, 4.69) is 4.98 Å². The third-order valence-electron chi connectivity index (χ3n) is 4.84. The molecule has 3 rings (SSSR count). The van der Waals surface area contributed by atoms with E-state index < -0.39 is 22.6 Å². The molecule has 1 aromatic heterocycles. The summed E-state index contributed by atoms with van der Waals surface area (Å²) in [5.74, 6) is -0.299. The zero-order valence-corrected chi connectivity index (χ0v) is 13.1. The maximum Gasteiger partial charge on any atom is 0.326 e. The highest BCUT2D eigenvalue weighted by Gasteiger charge is 2.49. The monoisotopic (exact) mass is 320 g/mol. The van der Waals surface area contributed by atoms with E-state index in [9.17, 15) is 19.2 Å². The Kier molecular flexibility index (Phi) is 3.83. The van der Waals surface area contributed by atoms with Gasteiger partial charge in [0.1, 0.15) is 5.69 Å². The van der Waals surface area contributed by atoms with E-state index in [0.29, 0.717) is 26.1 Å². The lowest BCUT2D eigenvalue weighted by Gasteiger charge is -2.38. The number of H-pyrrole nitrogens is 2. The highest BCUT2D eigenvalue weighted by Crippen LogP contribution is 2.40. The maximum absolute atomic E-state index is 12.7. The molecule has 124 valence electrons. The second-order valence-corrected chi connectivity index (χ2v) is 6.25. The summed E-state index contributed by atoms with van der Waals surface area (Å²) in [6.45, 7) is 4.20. The first kappa shape index (κ1) is 15.5. The largest absolute Gasteiger partial charge is 0.342 e. The second kappa shape index (κ2) is 5.68. The number of likely N-dealkylation sites (tertiary alicyclic amines) is 2. The van der Waals surface area contributed by atoms with Crippen LogP contribution in [-0.2, 0) is 4.79 Å². The van der Waals surface area contributed by atoms with Crippen molar-refractivity contribution in [1.82, 2.24) is 19.8 Å². The molecule has 2 aliphatic rings. The van der Waals surface area contributed by atoms with E-state index >= 15 is 0 Å². The molecule has 2 N–H and O–H groups in total. The van der Waals surface area contributed by atoms with Crippen LogP contribution in [0.2, 0.25) is 0 Å². The summed E-state index contributed by atoms with van der Waals surface area (Å²) in [7, 11) is 0. The van der Waals surface area contributed by atoms with Gasteiger partial charge in [0, 0.05) is 32.2 Å². The van der Waals surface area contributed by atoms with Gasteiger partial charge in [-0.1, -0.05) is 0 Å². The van der Waals surface area contributed by atoms with Crippen molar-refractivity contribution in [2.75, 3.05) is 26.2 Å². The number of hydrogen-bond donors (Lipinski definition) is 2. The van der Waals surface area contributed by atoms with Crippen molar-refractivity contribution >= 4 is 11.8 Å². The first-order valence-corrected chi connectivity index (χ1v) is 7.87. The molecule has 8 nitrogen and oxygen atoms in total. The first-order valence-electron chi connectivity index (χ1n) is 7.87. The number of rotatable bonds is 2. The van der Waals surface area contributed by atoms with Gasteiger partial charge in [0.15, 0.2) is 0 Å². The molecule has 2 saturated heterocycles. The molecule has 2 aliphatic heterocycles. The number of carbonyl (C=O) groups excluding carboxylic acids is 2. The molecule has 2 amide bonds. The Bertz CT molecular complexity index is 724. The molecule has 0 unspecified atom stereocenters. The highest BCUT2D eigenvalue weighted by molar-refractivity contribution is 5.93. The number of nitrogens with zero attached hydrogens (tertiary/aromatic N) is 2. The lowest BCUT2D eigenvalue weighted by atomic mass is 9.78. The SMILES string of the molecule is CCN1CCC[C@]2(CCN(C(=O)c3cc(=O)[nH]c(=O)[nH]3)C2)C1=O. The molecule has 1 aromatic rings. The molecule has 0 aliphatic carbocycles. The van der Waals surface area contributed by atoms with Gasteiger partial charge in [-0.25, -0.2) is 4.79 Å². The fourth-order valence-corrected chi connectivity index (χ4v) is 3.63. The summed E-state index contributed by atoms with van der Waals surface area (Å²) in [6.07, 6.45) is 2.34. The summed E-state index contributed by atoms with van der Waals surface area (Å²) < 4.78 is 0. The number of aromatic amines is 2. The third kappa shape index (κ3) is 2.69. The molecule has 0 aromatic carbocycles. The van der Waals surface area contributed by atoms with E-state index in [4.69, 9.17) is 0 Å². The fraction of sp³-hybridized carbons (Fsp3) is 0.600. The van der Waals surface area contributed by atoms with Crippen LogP contribution in [0.3, 0.4) is 0 Å². The summed E-state index contributed by atoms with van der Waals surface area (Å²) in [4.78, 5) is 55.6. The summed E-state index contributed by atoms with van der Waals surface area (Å²) in [5, 5.41) is 0. The highest BCUT2D eigenvalue weighted by atomic mass is 16.2. The van der Waals surface area contributed by atoms with Gasteiger partial charge in [0.2, 0.25) is 5.91 Å². The lowest BCUT2D eigenvalue weighted by molar-refractivity contribution is -0.145. The first-order chi connectivity index (χ1) is 10.9. The van der Waals surface area contributed by atoms with Gasteiger partial charge in [-0.3, -0.25) is 19.4 Å². The smallest absolute Gasteiger partial charge is 0.326 e. The van der Waals surface area contributed by atoms with Gasteiger partial charge >= 0.3 is 5.69 Å². The van der Waals surface area contributed by atoms with Gasteiger partial charge in [0.25, 0.3) is 11.5 Å². The summed E-state index contributed by atoms with van der Waals surface area (Å²) >= 11 is 0. The molecular formula is C15H20N4O4. The topological polar surface area (TPSA) is 106 Å². The van der Waals surface area contributed by atoms with Crippen LogP contribution >= 0.6 is 0 Å². The van der Waals surface area contributed by atoms with E-state index in [1.807, 2.05) is 16.8 Å². The van der Waals surface area contributed by atoms with Gasteiger partial charge in [-0.05, 0) is 26.2 Å². The van der Waals surface area contributed by atoms with Crippen molar-refractivity contribution in [3.05, 3.63) is 32.6 Å². The van der Waals surface area contributed by atoms with Crippen LogP contribution in [-0.4, -0.2) is 57.8 Å². The third-order valence-corrected chi connectivity index (χ3v) is 4.84. The van der Waals surface area contributed by atoms with Crippen molar-refractivity contribution < 1.29 is 9.59 Å². The molecule has 0 saturated carbocycles. The van der Waals surface area contributed by atoms with Crippen LogP contribution in [0.1, 0.15) is 36.7 Å². The van der Waals surface area contributed by atoms with Crippen LogP contribution in [0.15, 0.2) is 15.7 Å². The molecule has 1 atom stereocenters. The van der Waals surface area contributed by atoms with Crippen molar-refractivity contribution in [3.63, 3.8) is 0 Å². The minimum absolute atomic E-state index is 0.0357. The maximum atomic E-state index is 12.7. The van der Waals surface area contributed by atoms with E-state index in [-0.39, 0.29) is 11.6 Å². The van der Waals surface area contributed by atoms with E-state index in [1.54, 1.807) is 4.90 Å². The van der Waals surface area contributed by atoms with Crippen molar-refractivity contribution in [2.45, 2.75) is 26.2 Å². The minimum atomic E-state index is -0.708. The zero-order valence-electron chi connectivity index (χ0n) is 13.1. The number of carbonyl (C=O) groups is 2. The van der Waals surface area contributed by atoms with E-state index in [0.717, 1.165) is 25.5 Å². The molecule has 23 heavy (non-hydrogen) atoms. The van der Waals surface area contributed by atoms with Crippen LogP contribution in [0.5, 0.6) is 0 Å². The van der Waals surface area contributed by atoms with Crippen LogP contribution in [0, 0.1) is 5.41 Å². The van der Waals surface area contributed by atoms with Crippen molar-refractivity contribution in [2.24, 2.45) is 5.41 Å². The second-order valence-electron chi connectivity index (χ2n) is 6.25. The molecule has 8 heteroatoms. The molecule has 2 fully saturated rings. The van der Waals surface area contributed by atoms with Gasteiger partial charge in [-0.2, -0.15) is 0 Å². The Labute approximate surface area is 132 Å². The summed E-state index contributed by atoms with van der Waals surface area (Å²) in [5.41, 5.74) is -1.87. The predicted molar refractivity (Wildman–Crippen MR) is 82.1 cm³/mol. The van der Waals surface area contributed by atoms with E-state index in [1.165, 1.54) is 0 Å². The zero-order chi connectivity index (χ0) is 16.6. The molecule has 1 spiro atoms. The predicted octanol–water partition coefficient (Wildman–Crippen LogP) is -0.462. The van der Waals surface area contributed by atoms with Gasteiger partial charge in [-0.15, -0.1) is 0 Å². The number of amides is 2. The van der Waals surface area contributed by atoms with Gasteiger partial charge in [0.05, 0.1) is 5.41 Å². The Morgan fingerprint density at radius 3 is 2.70 bits per heavy atom.